The first-order valence-electron chi connectivity index (χ1n) is 14.4. The molecule has 0 aromatic heterocycles. The molecule has 2 atom stereocenters. The molecule has 0 saturated carbocycles. The summed E-state index contributed by atoms with van der Waals surface area (Å²) in [5.74, 6) is 1.42. The second-order valence-electron chi connectivity index (χ2n) is 10.1. The van der Waals surface area contributed by atoms with E-state index in [1.165, 1.54) is 30.0 Å². The molecule has 0 bridgehead atoms. The quantitative estimate of drug-likeness (QED) is 0.130. The lowest BCUT2D eigenvalue weighted by molar-refractivity contribution is -0.140. The summed E-state index contributed by atoms with van der Waals surface area (Å²) < 4.78 is 9.76. The number of ketones is 3. The highest BCUT2D eigenvalue weighted by Crippen LogP contribution is 2.33. The standard InChI is InChI=1S/C16H16OS.C10H11ClO2S.C9H12O3S2/c17-16(12-18)11-15-9-5-4-8-14(15)10-13-6-2-1-3-7-13;1-13-10-3-2-8(11)4-7(10)5-9(12)6-14;1-12-9(11)8-6(2-3-14-8)4-7(10)5-13/h1-9,18H,10-12H2;2-4,14H,5-6H2,1H3;2-3,6,8,13H,4-5H2,1H3. The molecule has 1 aliphatic rings. The van der Waals surface area contributed by atoms with Crippen molar-refractivity contribution in [1.82, 2.24) is 0 Å². The van der Waals surface area contributed by atoms with Gasteiger partial charge in [0.1, 0.15) is 28.3 Å². The van der Waals surface area contributed by atoms with Crippen molar-refractivity contribution in [2.75, 3.05) is 31.5 Å². The molecule has 11 heteroatoms. The topological polar surface area (TPSA) is 86.7 Å². The molecule has 4 rings (SSSR count). The highest BCUT2D eigenvalue weighted by molar-refractivity contribution is 8.03. The lowest BCUT2D eigenvalue weighted by atomic mass is 9.97. The average molecular weight is 719 g/mol. The molecule has 0 aliphatic carbocycles. The number of halogens is 1. The molecule has 1 heterocycles. The fourth-order valence-corrected chi connectivity index (χ4v) is 6.03. The molecule has 3 aromatic rings. The molecule has 46 heavy (non-hydrogen) atoms. The summed E-state index contributed by atoms with van der Waals surface area (Å²) in [5, 5.41) is 2.19. The van der Waals surface area contributed by atoms with Crippen LogP contribution in [0.25, 0.3) is 0 Å². The number of carbonyl (C=O) groups is 4. The Balaban J connectivity index is 0.000000243. The number of allylic oxidation sites excluding steroid dienone is 1. The van der Waals surface area contributed by atoms with Crippen molar-refractivity contribution in [1.29, 1.82) is 0 Å². The first-order valence-corrected chi connectivity index (χ1v) is 17.6. The summed E-state index contributed by atoms with van der Waals surface area (Å²) in [6.45, 7) is 0. The zero-order valence-corrected chi connectivity index (χ0v) is 30.0. The van der Waals surface area contributed by atoms with Gasteiger partial charge in [-0.3, -0.25) is 19.2 Å². The monoisotopic (exact) mass is 718 g/mol. The molecule has 0 fully saturated rings. The normalized spacial score (nSPS) is 14.7. The maximum absolute atomic E-state index is 11.5. The number of thiol groups is 3. The number of esters is 1. The fourth-order valence-electron chi connectivity index (χ4n) is 4.42. The minimum absolute atomic E-state index is 0.0351. The number of benzene rings is 3. The van der Waals surface area contributed by atoms with E-state index in [1.54, 1.807) is 25.3 Å². The van der Waals surface area contributed by atoms with Gasteiger partial charge in [-0.1, -0.05) is 72.3 Å². The van der Waals surface area contributed by atoms with Gasteiger partial charge in [0.15, 0.2) is 0 Å². The summed E-state index contributed by atoms with van der Waals surface area (Å²) in [4.78, 5) is 45.1. The zero-order chi connectivity index (χ0) is 33.9. The highest BCUT2D eigenvalue weighted by atomic mass is 35.5. The van der Waals surface area contributed by atoms with Crippen LogP contribution in [0.2, 0.25) is 5.02 Å². The number of rotatable bonds is 13. The van der Waals surface area contributed by atoms with Crippen LogP contribution >= 0.6 is 61.2 Å². The van der Waals surface area contributed by atoms with Crippen molar-refractivity contribution < 1.29 is 28.7 Å². The zero-order valence-electron chi connectivity index (χ0n) is 25.8. The molecule has 0 spiro atoms. The SMILES string of the molecule is COC(=O)C1SC=CC1CC(=O)CS.COc1ccc(Cl)cc1CC(=O)CS.O=C(CS)Cc1ccccc1Cc1ccccc1. The van der Waals surface area contributed by atoms with Gasteiger partial charge in [0, 0.05) is 53.0 Å². The Morgan fingerprint density at radius 3 is 1.93 bits per heavy atom. The van der Waals surface area contributed by atoms with E-state index in [1.807, 2.05) is 47.9 Å². The van der Waals surface area contributed by atoms with Gasteiger partial charge in [-0.05, 0) is 46.7 Å². The fraction of sp³-hybridized carbons (Fsp3) is 0.314. The Morgan fingerprint density at radius 1 is 0.761 bits per heavy atom. The van der Waals surface area contributed by atoms with E-state index in [9.17, 15) is 19.2 Å². The maximum atomic E-state index is 11.5. The van der Waals surface area contributed by atoms with Gasteiger partial charge < -0.3 is 9.47 Å². The predicted molar refractivity (Wildman–Crippen MR) is 198 cm³/mol. The molecule has 0 radical (unpaired) electrons. The summed E-state index contributed by atoms with van der Waals surface area (Å²) >= 11 is 19.1. The third-order valence-corrected chi connectivity index (χ3v) is 9.18. The maximum Gasteiger partial charge on any atom is 0.319 e. The molecule has 6 nitrogen and oxygen atoms in total. The van der Waals surface area contributed by atoms with Gasteiger partial charge in [0.2, 0.25) is 0 Å². The van der Waals surface area contributed by atoms with Crippen LogP contribution in [0, 0.1) is 5.92 Å². The highest BCUT2D eigenvalue weighted by Gasteiger charge is 2.32. The van der Waals surface area contributed by atoms with Crippen molar-refractivity contribution in [3.8, 4) is 5.75 Å². The largest absolute Gasteiger partial charge is 0.496 e. The number of hydrogen-bond donors (Lipinski definition) is 3. The second-order valence-corrected chi connectivity index (χ2v) is 12.5. The Labute approximate surface area is 297 Å². The lowest BCUT2D eigenvalue weighted by Gasteiger charge is -2.14. The summed E-state index contributed by atoms with van der Waals surface area (Å²) in [6, 6.07) is 23.7. The van der Waals surface area contributed by atoms with E-state index in [2.05, 4.69) is 60.8 Å². The Hall–Kier alpha value is -2.63. The van der Waals surface area contributed by atoms with Crippen LogP contribution in [-0.4, -0.2) is 60.0 Å². The van der Waals surface area contributed by atoms with Crippen molar-refractivity contribution in [2.45, 2.75) is 30.9 Å². The minimum Gasteiger partial charge on any atom is -0.496 e. The van der Waals surface area contributed by atoms with Crippen molar-refractivity contribution in [3.63, 3.8) is 0 Å². The number of methoxy groups -OCH3 is 2. The number of hydrogen-bond acceptors (Lipinski definition) is 10. The Bertz CT molecular complexity index is 1460. The minimum atomic E-state index is -0.267. The average Bonchev–Trinajstić information content (AvgIpc) is 3.54. The van der Waals surface area contributed by atoms with Gasteiger partial charge in [0.05, 0.1) is 14.2 Å². The Morgan fingerprint density at radius 2 is 1.35 bits per heavy atom. The molecular formula is C35H39ClO6S4. The van der Waals surface area contributed by atoms with Crippen LogP contribution in [0.1, 0.15) is 28.7 Å². The van der Waals surface area contributed by atoms with E-state index >= 15 is 0 Å². The van der Waals surface area contributed by atoms with E-state index in [-0.39, 0.29) is 46.0 Å². The third-order valence-electron chi connectivity index (χ3n) is 6.74. The van der Waals surface area contributed by atoms with Gasteiger partial charge in [-0.2, -0.15) is 37.9 Å². The second kappa shape index (κ2) is 22.0. The number of carbonyl (C=O) groups excluding carboxylic acids is 4. The van der Waals surface area contributed by atoms with Crippen LogP contribution in [0.4, 0.5) is 0 Å². The van der Waals surface area contributed by atoms with Gasteiger partial charge >= 0.3 is 5.97 Å². The van der Waals surface area contributed by atoms with Gasteiger partial charge in [0.25, 0.3) is 0 Å². The smallest absolute Gasteiger partial charge is 0.319 e. The van der Waals surface area contributed by atoms with E-state index in [0.717, 1.165) is 17.5 Å². The van der Waals surface area contributed by atoms with Crippen LogP contribution in [0.5, 0.6) is 5.75 Å². The van der Waals surface area contributed by atoms with Crippen molar-refractivity contribution >= 4 is 84.6 Å². The number of ether oxygens (including phenoxy) is 2. The first-order chi connectivity index (χ1) is 22.1. The molecule has 2 unspecified atom stereocenters. The van der Waals surface area contributed by atoms with Crippen LogP contribution in [0.15, 0.2) is 84.3 Å². The van der Waals surface area contributed by atoms with E-state index in [0.29, 0.717) is 35.8 Å². The molecule has 3 aromatic carbocycles. The molecule has 0 saturated heterocycles. The number of thioether (sulfide) groups is 1. The summed E-state index contributed by atoms with van der Waals surface area (Å²) in [6.07, 6.45) is 3.91. The third kappa shape index (κ3) is 14.0. The van der Waals surface area contributed by atoms with Crippen molar-refractivity contribution in [3.05, 3.63) is 112 Å². The van der Waals surface area contributed by atoms with E-state index in [4.69, 9.17) is 16.3 Å². The summed E-state index contributed by atoms with van der Waals surface area (Å²) in [5.41, 5.74) is 4.40. The molecule has 0 amide bonds. The molecular weight excluding hydrogens is 680 g/mol. The number of Topliss-reactive ketones (excluding diaryl/α,β-unsaturated/α-hetero) is 3. The van der Waals surface area contributed by atoms with Crippen molar-refractivity contribution in [2.24, 2.45) is 5.92 Å². The summed E-state index contributed by atoms with van der Waals surface area (Å²) in [7, 11) is 2.93. The molecule has 246 valence electrons. The lowest BCUT2D eigenvalue weighted by Crippen LogP contribution is -2.26. The molecule has 1 aliphatic heterocycles. The van der Waals surface area contributed by atoms with Crippen LogP contribution < -0.4 is 4.74 Å². The predicted octanol–water partition coefficient (Wildman–Crippen LogP) is 7.00. The molecule has 0 N–H and O–H groups in total. The van der Waals surface area contributed by atoms with E-state index < -0.39 is 0 Å². The van der Waals surface area contributed by atoms with Crippen LogP contribution in [-0.2, 0) is 43.2 Å². The first kappa shape index (κ1) is 39.5. The van der Waals surface area contributed by atoms with Gasteiger partial charge in [-0.25, -0.2) is 0 Å². The Kier molecular flexibility index (Phi) is 18.9. The van der Waals surface area contributed by atoms with Crippen LogP contribution in [0.3, 0.4) is 0 Å². The van der Waals surface area contributed by atoms with Gasteiger partial charge in [-0.15, -0.1) is 11.8 Å².